The minimum absolute atomic E-state index is 0.441. The summed E-state index contributed by atoms with van der Waals surface area (Å²) in [5.41, 5.74) is 0. The monoisotopic (exact) mass is 263 g/mol. The number of nitrogens with zero attached hydrogens (tertiary/aromatic N) is 6. The number of aliphatic hydroxyl groups excluding tert-OH is 1. The van der Waals surface area contributed by atoms with Gasteiger partial charge in [0.25, 0.3) is 0 Å². The number of rotatable bonds is 5. The van der Waals surface area contributed by atoms with Gasteiger partial charge in [0.2, 0.25) is 17.8 Å². The van der Waals surface area contributed by atoms with Crippen LogP contribution in [0.3, 0.4) is 0 Å². The fraction of sp³-hybridized carbons (Fsp3) is 0.455. The molecule has 0 fully saturated rings. The molecule has 0 radical (unpaired) electrons. The molecule has 1 unspecified atom stereocenters. The first-order valence-corrected chi connectivity index (χ1v) is 5.91. The highest BCUT2D eigenvalue weighted by atomic mass is 16.3. The van der Waals surface area contributed by atoms with Crippen molar-refractivity contribution < 1.29 is 5.11 Å². The molecule has 0 spiro atoms. The molecule has 2 rings (SSSR count). The topological polar surface area (TPSA) is 92.0 Å². The van der Waals surface area contributed by atoms with Gasteiger partial charge >= 0.3 is 0 Å². The maximum absolute atomic E-state index is 9.42. The van der Waals surface area contributed by atoms with Gasteiger partial charge in [0.1, 0.15) is 6.33 Å². The number of nitrogens with one attached hydrogen (secondary N) is 1. The number of hydrogen-bond acceptors (Lipinski definition) is 7. The SMILES string of the molecule is CNc1nc(N(C)CC(C)O)nc(-n2ccnc2)n1. The van der Waals surface area contributed by atoms with Crippen LogP contribution in [0.1, 0.15) is 6.92 Å². The third-order valence-electron chi connectivity index (χ3n) is 2.45. The molecular weight excluding hydrogens is 246 g/mol. The number of hydrogen-bond donors (Lipinski definition) is 2. The first-order valence-electron chi connectivity index (χ1n) is 5.91. The highest BCUT2D eigenvalue weighted by Gasteiger charge is 2.12. The number of aromatic nitrogens is 5. The van der Waals surface area contributed by atoms with E-state index in [1.165, 1.54) is 0 Å². The largest absolute Gasteiger partial charge is 0.392 e. The lowest BCUT2D eigenvalue weighted by Gasteiger charge is -2.19. The molecule has 8 nitrogen and oxygen atoms in total. The summed E-state index contributed by atoms with van der Waals surface area (Å²) in [6, 6.07) is 0. The average molecular weight is 263 g/mol. The summed E-state index contributed by atoms with van der Waals surface area (Å²) in [5, 5.41) is 12.3. The van der Waals surface area contributed by atoms with Crippen molar-refractivity contribution in [2.24, 2.45) is 0 Å². The standard InChI is InChI=1S/C11H17N7O/c1-8(19)6-17(3)10-14-9(12-2)15-11(16-10)18-5-4-13-7-18/h4-5,7-8,19H,6H2,1-3H3,(H,12,14,15,16). The zero-order chi connectivity index (χ0) is 13.8. The van der Waals surface area contributed by atoms with Crippen LogP contribution in [0.25, 0.3) is 5.95 Å². The fourth-order valence-corrected chi connectivity index (χ4v) is 1.61. The zero-order valence-electron chi connectivity index (χ0n) is 11.1. The maximum Gasteiger partial charge on any atom is 0.241 e. The van der Waals surface area contributed by atoms with Crippen molar-refractivity contribution in [1.29, 1.82) is 0 Å². The summed E-state index contributed by atoms with van der Waals surface area (Å²) < 4.78 is 1.70. The van der Waals surface area contributed by atoms with Crippen LogP contribution >= 0.6 is 0 Å². The van der Waals surface area contributed by atoms with Gasteiger partial charge in [-0.15, -0.1) is 0 Å². The van der Waals surface area contributed by atoms with Gasteiger partial charge in [-0.05, 0) is 6.92 Å². The summed E-state index contributed by atoms with van der Waals surface area (Å²) in [6.45, 7) is 2.16. The molecule has 0 bridgehead atoms. The lowest BCUT2D eigenvalue weighted by Crippen LogP contribution is -2.29. The van der Waals surface area contributed by atoms with Gasteiger partial charge in [0.05, 0.1) is 6.10 Å². The van der Waals surface area contributed by atoms with Crippen molar-refractivity contribution in [1.82, 2.24) is 24.5 Å². The number of likely N-dealkylation sites (N-methyl/N-ethyl adjacent to an activating group) is 1. The summed E-state index contributed by atoms with van der Waals surface area (Å²) in [5.74, 6) is 1.43. The van der Waals surface area contributed by atoms with Crippen molar-refractivity contribution in [3.05, 3.63) is 18.7 Å². The molecule has 0 aromatic carbocycles. The molecule has 102 valence electrons. The third-order valence-corrected chi connectivity index (χ3v) is 2.45. The second-order valence-corrected chi connectivity index (χ2v) is 4.21. The van der Waals surface area contributed by atoms with Gasteiger partial charge in [-0.2, -0.15) is 15.0 Å². The minimum atomic E-state index is -0.462. The highest BCUT2D eigenvalue weighted by molar-refractivity contribution is 5.39. The third kappa shape index (κ3) is 3.16. The van der Waals surface area contributed by atoms with Crippen LogP contribution in [0.4, 0.5) is 11.9 Å². The van der Waals surface area contributed by atoms with Crippen LogP contribution in [0.15, 0.2) is 18.7 Å². The Hall–Kier alpha value is -2.22. The van der Waals surface area contributed by atoms with E-state index >= 15 is 0 Å². The normalized spacial score (nSPS) is 12.2. The second kappa shape index (κ2) is 5.61. The summed E-state index contributed by atoms with van der Waals surface area (Å²) in [7, 11) is 3.56. The predicted octanol–water partition coefficient (Wildman–Crippen LogP) is -0.0840. The smallest absolute Gasteiger partial charge is 0.241 e. The Morgan fingerprint density at radius 2 is 2.21 bits per heavy atom. The molecule has 0 aliphatic carbocycles. The van der Waals surface area contributed by atoms with Gasteiger partial charge in [-0.1, -0.05) is 0 Å². The Morgan fingerprint density at radius 3 is 2.79 bits per heavy atom. The summed E-state index contributed by atoms with van der Waals surface area (Å²) in [4.78, 5) is 18.6. The van der Waals surface area contributed by atoms with Crippen LogP contribution < -0.4 is 10.2 Å². The Labute approximate surface area is 111 Å². The lowest BCUT2D eigenvalue weighted by atomic mass is 10.4. The van der Waals surface area contributed by atoms with Gasteiger partial charge in [0, 0.05) is 33.0 Å². The molecule has 0 aliphatic heterocycles. The van der Waals surface area contributed by atoms with E-state index in [0.717, 1.165) is 0 Å². The van der Waals surface area contributed by atoms with Gasteiger partial charge in [0.15, 0.2) is 0 Å². The number of anilines is 2. The van der Waals surface area contributed by atoms with Crippen molar-refractivity contribution in [2.45, 2.75) is 13.0 Å². The number of aliphatic hydroxyl groups is 1. The molecule has 1 atom stereocenters. The molecule has 2 heterocycles. The van der Waals surface area contributed by atoms with E-state index in [2.05, 4.69) is 25.3 Å². The van der Waals surface area contributed by atoms with Crippen LogP contribution in [-0.2, 0) is 0 Å². The quantitative estimate of drug-likeness (QED) is 0.779. The van der Waals surface area contributed by atoms with Gasteiger partial charge in [-0.3, -0.25) is 4.57 Å². The minimum Gasteiger partial charge on any atom is -0.392 e. The maximum atomic E-state index is 9.42. The van der Waals surface area contributed by atoms with Crippen molar-refractivity contribution >= 4 is 11.9 Å². The molecule has 2 aromatic rings. The van der Waals surface area contributed by atoms with Crippen LogP contribution in [0.2, 0.25) is 0 Å². The van der Waals surface area contributed by atoms with E-state index in [1.807, 2.05) is 7.05 Å². The van der Waals surface area contributed by atoms with E-state index in [4.69, 9.17) is 0 Å². The molecule has 8 heteroatoms. The molecule has 0 saturated heterocycles. The van der Waals surface area contributed by atoms with Crippen molar-refractivity contribution in [2.75, 3.05) is 30.9 Å². The van der Waals surface area contributed by atoms with Crippen LogP contribution in [0, 0.1) is 0 Å². The lowest BCUT2D eigenvalue weighted by molar-refractivity contribution is 0.201. The Bertz CT molecular complexity index is 526. The molecule has 0 aliphatic rings. The average Bonchev–Trinajstić information content (AvgIpc) is 2.91. The molecule has 19 heavy (non-hydrogen) atoms. The van der Waals surface area contributed by atoms with E-state index in [0.29, 0.717) is 24.4 Å². The van der Waals surface area contributed by atoms with Crippen molar-refractivity contribution in [3.8, 4) is 5.95 Å². The predicted molar refractivity (Wildman–Crippen MR) is 71.4 cm³/mol. The fourth-order valence-electron chi connectivity index (χ4n) is 1.61. The molecule has 0 amide bonds. The van der Waals surface area contributed by atoms with E-state index in [-0.39, 0.29) is 0 Å². The zero-order valence-corrected chi connectivity index (χ0v) is 11.1. The van der Waals surface area contributed by atoms with Crippen LogP contribution in [-0.4, -0.2) is 56.4 Å². The van der Waals surface area contributed by atoms with E-state index in [1.54, 1.807) is 42.2 Å². The van der Waals surface area contributed by atoms with Gasteiger partial charge in [-0.25, -0.2) is 4.98 Å². The summed E-state index contributed by atoms with van der Waals surface area (Å²) >= 11 is 0. The highest BCUT2D eigenvalue weighted by Crippen LogP contribution is 2.12. The Balaban J connectivity index is 2.36. The molecule has 0 saturated carbocycles. The second-order valence-electron chi connectivity index (χ2n) is 4.21. The van der Waals surface area contributed by atoms with Crippen molar-refractivity contribution in [3.63, 3.8) is 0 Å². The first-order chi connectivity index (χ1) is 9.10. The van der Waals surface area contributed by atoms with E-state index < -0.39 is 6.10 Å². The Morgan fingerprint density at radius 1 is 1.42 bits per heavy atom. The first kappa shape index (κ1) is 13.2. The summed E-state index contributed by atoms with van der Waals surface area (Å²) in [6.07, 6.45) is 4.57. The van der Waals surface area contributed by atoms with Gasteiger partial charge < -0.3 is 15.3 Å². The van der Waals surface area contributed by atoms with Crippen LogP contribution in [0.5, 0.6) is 0 Å². The molecular formula is C11H17N7O. The molecule has 2 N–H and O–H groups in total. The Kier molecular flexibility index (Phi) is 3.91. The number of imidazole rings is 1. The van der Waals surface area contributed by atoms with E-state index in [9.17, 15) is 5.11 Å². The molecule has 2 aromatic heterocycles.